The monoisotopic (exact) mass is 290 g/mol. The lowest BCUT2D eigenvalue weighted by Gasteiger charge is -2.30. The molecule has 0 aromatic heterocycles. The second-order valence-electron chi connectivity index (χ2n) is 5.61. The summed E-state index contributed by atoms with van der Waals surface area (Å²) in [4.78, 5) is 24.6. The molecule has 0 saturated heterocycles. The van der Waals surface area contributed by atoms with E-state index in [4.69, 9.17) is 5.11 Å². The van der Waals surface area contributed by atoms with E-state index >= 15 is 0 Å². The molecule has 0 saturated carbocycles. The molecule has 1 unspecified atom stereocenters. The summed E-state index contributed by atoms with van der Waals surface area (Å²) in [6, 6.07) is 7.88. The van der Waals surface area contributed by atoms with Gasteiger partial charge in [-0.15, -0.1) is 0 Å². The van der Waals surface area contributed by atoms with Crippen molar-refractivity contribution >= 4 is 17.7 Å². The highest BCUT2D eigenvalue weighted by molar-refractivity contribution is 5.93. The molecule has 0 fully saturated rings. The highest BCUT2D eigenvalue weighted by Crippen LogP contribution is 2.26. The summed E-state index contributed by atoms with van der Waals surface area (Å²) in [6.07, 6.45) is 2.70. The summed E-state index contributed by atoms with van der Waals surface area (Å²) in [5, 5.41) is 11.6. The summed E-state index contributed by atoms with van der Waals surface area (Å²) in [5.74, 6) is -0.636. The number of nitrogens with one attached hydrogen (secondary N) is 1. The first-order valence-electron chi connectivity index (χ1n) is 7.43. The summed E-state index contributed by atoms with van der Waals surface area (Å²) >= 11 is 0. The summed E-state index contributed by atoms with van der Waals surface area (Å²) in [5.41, 5.74) is 2.19. The van der Waals surface area contributed by atoms with Crippen molar-refractivity contribution in [2.45, 2.75) is 32.6 Å². The predicted octanol–water partition coefficient (Wildman–Crippen LogP) is 2.65. The zero-order chi connectivity index (χ0) is 15.2. The van der Waals surface area contributed by atoms with Crippen LogP contribution in [0.1, 0.15) is 31.7 Å². The number of benzene rings is 1. The number of carbonyl (C=O) groups excluding carboxylic acids is 1. The largest absolute Gasteiger partial charge is 0.481 e. The average molecular weight is 290 g/mol. The lowest BCUT2D eigenvalue weighted by atomic mass is 10.0. The Kier molecular flexibility index (Phi) is 5.20. The van der Waals surface area contributed by atoms with Crippen molar-refractivity contribution in [3.05, 3.63) is 29.8 Å². The van der Waals surface area contributed by atoms with Crippen molar-refractivity contribution < 1.29 is 14.7 Å². The van der Waals surface area contributed by atoms with Crippen molar-refractivity contribution in [3.63, 3.8) is 0 Å². The Hall–Kier alpha value is -2.04. The molecule has 1 aliphatic heterocycles. The molecule has 0 bridgehead atoms. The van der Waals surface area contributed by atoms with E-state index in [2.05, 4.69) is 11.4 Å². The standard InChI is InChI=1S/C16H22N2O3/c1-12(8-9-15(19)20)11-17-16(21)18-10-4-6-13-5-2-3-7-14(13)18/h2-3,5,7,12H,4,6,8-11H2,1H3,(H,17,21)(H,19,20). The molecule has 2 rings (SSSR count). The fourth-order valence-electron chi connectivity index (χ4n) is 2.57. The average Bonchev–Trinajstić information content (AvgIpc) is 2.50. The van der Waals surface area contributed by atoms with Crippen molar-refractivity contribution in [1.82, 2.24) is 5.32 Å². The number of nitrogens with zero attached hydrogens (tertiary/aromatic N) is 1. The van der Waals surface area contributed by atoms with Gasteiger partial charge in [0.05, 0.1) is 0 Å². The molecule has 2 N–H and O–H groups in total. The van der Waals surface area contributed by atoms with Gasteiger partial charge in [0.2, 0.25) is 0 Å². The third-order valence-corrected chi connectivity index (χ3v) is 3.81. The van der Waals surface area contributed by atoms with Gasteiger partial charge < -0.3 is 10.4 Å². The Morgan fingerprint density at radius 1 is 1.38 bits per heavy atom. The first kappa shape index (κ1) is 15.4. The second kappa shape index (κ2) is 7.11. The topological polar surface area (TPSA) is 69.6 Å². The van der Waals surface area contributed by atoms with E-state index in [0.29, 0.717) is 13.0 Å². The van der Waals surface area contributed by atoms with Crippen LogP contribution in [0.5, 0.6) is 0 Å². The molecule has 1 heterocycles. The van der Waals surface area contributed by atoms with Crippen molar-refractivity contribution in [1.29, 1.82) is 0 Å². The van der Waals surface area contributed by atoms with Crippen LogP contribution in [0, 0.1) is 5.92 Å². The van der Waals surface area contributed by atoms with Crippen LogP contribution in [0.2, 0.25) is 0 Å². The Morgan fingerprint density at radius 3 is 2.90 bits per heavy atom. The number of anilines is 1. The van der Waals surface area contributed by atoms with Gasteiger partial charge in [0.15, 0.2) is 0 Å². The highest BCUT2D eigenvalue weighted by atomic mass is 16.4. The summed E-state index contributed by atoms with van der Waals surface area (Å²) in [7, 11) is 0. The van der Waals surface area contributed by atoms with Crippen molar-refractivity contribution in [3.8, 4) is 0 Å². The Balaban J connectivity index is 1.88. The lowest BCUT2D eigenvalue weighted by molar-refractivity contribution is -0.137. The number of para-hydroxylation sites is 1. The molecular formula is C16H22N2O3. The van der Waals surface area contributed by atoms with Crippen LogP contribution in [0.25, 0.3) is 0 Å². The summed E-state index contributed by atoms with van der Waals surface area (Å²) < 4.78 is 0. The van der Waals surface area contributed by atoms with Gasteiger partial charge in [-0.2, -0.15) is 0 Å². The number of amides is 2. The van der Waals surface area contributed by atoms with E-state index in [1.807, 2.05) is 25.1 Å². The Morgan fingerprint density at radius 2 is 2.14 bits per heavy atom. The minimum atomic E-state index is -0.793. The molecule has 5 nitrogen and oxygen atoms in total. The van der Waals surface area contributed by atoms with E-state index in [1.165, 1.54) is 5.56 Å². The SMILES string of the molecule is CC(CCC(=O)O)CNC(=O)N1CCCc2ccccc21. The third kappa shape index (κ3) is 4.21. The Labute approximate surface area is 125 Å². The number of hydrogen-bond acceptors (Lipinski definition) is 2. The molecule has 0 spiro atoms. The minimum absolute atomic E-state index is 0.0932. The van der Waals surface area contributed by atoms with Crippen LogP contribution in [-0.4, -0.2) is 30.2 Å². The second-order valence-corrected chi connectivity index (χ2v) is 5.61. The first-order chi connectivity index (χ1) is 10.1. The van der Waals surface area contributed by atoms with Crippen molar-refractivity contribution in [2.24, 2.45) is 5.92 Å². The third-order valence-electron chi connectivity index (χ3n) is 3.81. The molecule has 0 aliphatic carbocycles. The molecular weight excluding hydrogens is 268 g/mol. The van der Waals surface area contributed by atoms with Gasteiger partial charge in [-0.3, -0.25) is 9.69 Å². The van der Waals surface area contributed by atoms with Crippen LogP contribution >= 0.6 is 0 Å². The number of urea groups is 1. The van der Waals surface area contributed by atoms with E-state index in [-0.39, 0.29) is 18.4 Å². The molecule has 1 atom stereocenters. The molecule has 1 aromatic rings. The number of carboxylic acid groups (broad SMARTS) is 1. The van der Waals surface area contributed by atoms with Crippen LogP contribution in [0.3, 0.4) is 0 Å². The number of fused-ring (bicyclic) bond motifs is 1. The van der Waals surface area contributed by atoms with Crippen LogP contribution in [0.4, 0.5) is 10.5 Å². The molecule has 2 amide bonds. The smallest absolute Gasteiger partial charge is 0.321 e. The zero-order valence-corrected chi connectivity index (χ0v) is 12.3. The summed E-state index contributed by atoms with van der Waals surface area (Å²) in [6.45, 7) is 3.19. The van der Waals surface area contributed by atoms with E-state index < -0.39 is 5.97 Å². The number of aryl methyl sites for hydroxylation is 1. The molecule has 5 heteroatoms. The van der Waals surface area contributed by atoms with Gasteiger partial charge in [0.1, 0.15) is 0 Å². The predicted molar refractivity (Wildman–Crippen MR) is 81.5 cm³/mol. The van der Waals surface area contributed by atoms with Gasteiger partial charge in [-0.1, -0.05) is 25.1 Å². The maximum atomic E-state index is 12.3. The maximum Gasteiger partial charge on any atom is 0.321 e. The van der Waals surface area contributed by atoms with Gasteiger partial charge in [0.25, 0.3) is 0 Å². The fourth-order valence-corrected chi connectivity index (χ4v) is 2.57. The zero-order valence-electron chi connectivity index (χ0n) is 12.3. The van der Waals surface area contributed by atoms with Crippen LogP contribution in [-0.2, 0) is 11.2 Å². The van der Waals surface area contributed by atoms with E-state index in [9.17, 15) is 9.59 Å². The quantitative estimate of drug-likeness (QED) is 0.876. The van der Waals surface area contributed by atoms with Gasteiger partial charge in [-0.05, 0) is 36.8 Å². The molecule has 1 aromatic carbocycles. The normalized spacial score (nSPS) is 15.2. The highest BCUT2D eigenvalue weighted by Gasteiger charge is 2.22. The lowest BCUT2D eigenvalue weighted by Crippen LogP contribution is -2.44. The van der Waals surface area contributed by atoms with Crippen LogP contribution < -0.4 is 10.2 Å². The number of rotatable bonds is 5. The van der Waals surface area contributed by atoms with Crippen LogP contribution in [0.15, 0.2) is 24.3 Å². The number of carbonyl (C=O) groups is 2. The van der Waals surface area contributed by atoms with E-state index in [1.54, 1.807) is 4.90 Å². The van der Waals surface area contributed by atoms with E-state index in [0.717, 1.165) is 25.1 Å². The number of aliphatic carboxylic acids is 1. The molecule has 1 aliphatic rings. The van der Waals surface area contributed by atoms with Gasteiger partial charge in [-0.25, -0.2) is 4.79 Å². The minimum Gasteiger partial charge on any atom is -0.481 e. The molecule has 114 valence electrons. The fraction of sp³-hybridized carbons (Fsp3) is 0.500. The number of carboxylic acids is 1. The Bertz CT molecular complexity index is 516. The molecule has 0 radical (unpaired) electrons. The first-order valence-corrected chi connectivity index (χ1v) is 7.43. The molecule has 21 heavy (non-hydrogen) atoms. The van der Waals surface area contributed by atoms with Gasteiger partial charge >= 0.3 is 12.0 Å². The van der Waals surface area contributed by atoms with Gasteiger partial charge in [0, 0.05) is 25.2 Å². The van der Waals surface area contributed by atoms with Crippen molar-refractivity contribution in [2.75, 3.05) is 18.0 Å². The number of hydrogen-bond donors (Lipinski definition) is 2. The maximum absolute atomic E-state index is 12.3.